The summed E-state index contributed by atoms with van der Waals surface area (Å²) in [7, 11) is 1.57. The summed E-state index contributed by atoms with van der Waals surface area (Å²) in [6.07, 6.45) is 4.06. The van der Waals surface area contributed by atoms with Crippen LogP contribution < -0.4 is 9.47 Å². The van der Waals surface area contributed by atoms with Crippen LogP contribution in [0.2, 0.25) is 0 Å². The second-order valence-electron chi connectivity index (χ2n) is 4.96. The molecule has 0 unspecified atom stereocenters. The van der Waals surface area contributed by atoms with Crippen molar-refractivity contribution in [3.05, 3.63) is 65.5 Å². The third-order valence-corrected chi connectivity index (χ3v) is 3.21. The molecule has 0 aliphatic carbocycles. The molecule has 0 aliphatic rings. The van der Waals surface area contributed by atoms with Crippen molar-refractivity contribution in [1.82, 2.24) is 0 Å². The van der Waals surface area contributed by atoms with Gasteiger partial charge in [0.2, 0.25) is 0 Å². The summed E-state index contributed by atoms with van der Waals surface area (Å²) in [4.78, 5) is 12.0. The quantitative estimate of drug-likeness (QED) is 0.557. The largest absolute Gasteiger partial charge is 0.493 e. The van der Waals surface area contributed by atoms with Gasteiger partial charge in [0, 0.05) is 5.56 Å². The molecular weight excluding hydrogens is 295 g/mol. The summed E-state index contributed by atoms with van der Waals surface area (Å²) < 4.78 is 23.7. The Kier molecular flexibility index (Phi) is 5.92. The molecular formula is C19H19FO3. The maximum Gasteiger partial charge on any atom is 0.185 e. The van der Waals surface area contributed by atoms with Crippen molar-refractivity contribution in [3.63, 3.8) is 0 Å². The Morgan fingerprint density at radius 2 is 1.87 bits per heavy atom. The summed E-state index contributed by atoms with van der Waals surface area (Å²) in [5.41, 5.74) is 1.26. The average molecular weight is 314 g/mol. The molecule has 0 saturated heterocycles. The van der Waals surface area contributed by atoms with E-state index in [-0.39, 0.29) is 11.6 Å². The Bertz CT molecular complexity index is 690. The molecule has 0 spiro atoms. The topological polar surface area (TPSA) is 35.5 Å². The van der Waals surface area contributed by atoms with Crippen molar-refractivity contribution in [2.45, 2.75) is 13.3 Å². The molecule has 0 aromatic heterocycles. The van der Waals surface area contributed by atoms with Crippen LogP contribution in [0.15, 0.2) is 48.5 Å². The van der Waals surface area contributed by atoms with E-state index in [1.54, 1.807) is 19.3 Å². The Labute approximate surface area is 135 Å². The lowest BCUT2D eigenvalue weighted by molar-refractivity contribution is 0.104. The number of hydrogen-bond acceptors (Lipinski definition) is 3. The first-order valence-electron chi connectivity index (χ1n) is 7.43. The molecule has 0 radical (unpaired) electrons. The van der Waals surface area contributed by atoms with Gasteiger partial charge in [-0.2, -0.15) is 0 Å². The summed E-state index contributed by atoms with van der Waals surface area (Å²) in [5.74, 6) is 0.749. The third-order valence-electron chi connectivity index (χ3n) is 3.21. The molecule has 0 atom stereocenters. The van der Waals surface area contributed by atoms with Gasteiger partial charge in [0.05, 0.1) is 13.7 Å². The third kappa shape index (κ3) is 4.68. The molecule has 2 rings (SSSR count). The highest BCUT2D eigenvalue weighted by Gasteiger charge is 2.05. The molecule has 0 heterocycles. The normalized spacial score (nSPS) is 10.7. The van der Waals surface area contributed by atoms with Crippen LogP contribution in [0.1, 0.15) is 29.3 Å². The van der Waals surface area contributed by atoms with Crippen molar-refractivity contribution >= 4 is 11.9 Å². The number of rotatable bonds is 7. The number of hydrogen-bond donors (Lipinski definition) is 0. The van der Waals surface area contributed by atoms with E-state index in [9.17, 15) is 9.18 Å². The summed E-state index contributed by atoms with van der Waals surface area (Å²) in [5, 5.41) is 0. The Morgan fingerprint density at radius 1 is 1.13 bits per heavy atom. The molecule has 2 aromatic rings. The SMILES string of the molecule is CCCOc1ccc(/C=C/C(=O)c2ccc(F)cc2)cc1OC. The smallest absolute Gasteiger partial charge is 0.185 e. The van der Waals surface area contributed by atoms with E-state index >= 15 is 0 Å². The van der Waals surface area contributed by atoms with Gasteiger partial charge < -0.3 is 9.47 Å². The second kappa shape index (κ2) is 8.13. The van der Waals surface area contributed by atoms with Gasteiger partial charge >= 0.3 is 0 Å². The predicted molar refractivity (Wildman–Crippen MR) is 88.5 cm³/mol. The summed E-state index contributed by atoms with van der Waals surface area (Å²) in [6, 6.07) is 10.9. The molecule has 4 heteroatoms. The zero-order valence-electron chi connectivity index (χ0n) is 13.2. The number of ether oxygens (including phenoxy) is 2. The van der Waals surface area contributed by atoms with Crippen LogP contribution >= 0.6 is 0 Å². The van der Waals surface area contributed by atoms with Crippen LogP contribution in [0, 0.1) is 5.82 Å². The monoisotopic (exact) mass is 314 g/mol. The van der Waals surface area contributed by atoms with Crippen LogP contribution in [0.25, 0.3) is 6.08 Å². The van der Waals surface area contributed by atoms with E-state index in [1.165, 1.54) is 30.3 Å². The molecule has 0 N–H and O–H groups in total. The van der Waals surface area contributed by atoms with Gasteiger partial charge in [0.25, 0.3) is 0 Å². The average Bonchev–Trinajstić information content (AvgIpc) is 2.58. The standard InChI is InChI=1S/C19H19FO3/c1-3-12-23-18-11-5-14(13-19(18)22-2)4-10-17(21)15-6-8-16(20)9-7-15/h4-11,13H,3,12H2,1-2H3/b10-4+. The Balaban J connectivity index is 2.12. The first-order valence-corrected chi connectivity index (χ1v) is 7.43. The van der Waals surface area contributed by atoms with Crippen LogP contribution in [0.3, 0.4) is 0 Å². The zero-order chi connectivity index (χ0) is 16.7. The number of carbonyl (C=O) groups is 1. The van der Waals surface area contributed by atoms with Crippen LogP contribution in [-0.4, -0.2) is 19.5 Å². The van der Waals surface area contributed by atoms with Gasteiger partial charge in [-0.1, -0.05) is 19.1 Å². The number of methoxy groups -OCH3 is 1. The molecule has 0 aliphatic heterocycles. The second-order valence-corrected chi connectivity index (χ2v) is 4.96. The molecule has 0 fully saturated rings. The fraction of sp³-hybridized carbons (Fsp3) is 0.211. The van der Waals surface area contributed by atoms with E-state index in [4.69, 9.17) is 9.47 Å². The lowest BCUT2D eigenvalue weighted by Gasteiger charge is -2.10. The predicted octanol–water partition coefficient (Wildman–Crippen LogP) is 4.52. The van der Waals surface area contributed by atoms with Crippen molar-refractivity contribution < 1.29 is 18.7 Å². The molecule has 2 aromatic carbocycles. The highest BCUT2D eigenvalue weighted by Crippen LogP contribution is 2.28. The Morgan fingerprint density at radius 3 is 2.52 bits per heavy atom. The minimum absolute atomic E-state index is 0.185. The molecule has 0 bridgehead atoms. The number of benzene rings is 2. The first-order chi connectivity index (χ1) is 11.1. The maximum atomic E-state index is 12.9. The van der Waals surface area contributed by atoms with Crippen molar-refractivity contribution in [2.75, 3.05) is 13.7 Å². The Hall–Kier alpha value is -2.62. The zero-order valence-corrected chi connectivity index (χ0v) is 13.2. The highest BCUT2D eigenvalue weighted by atomic mass is 19.1. The van der Waals surface area contributed by atoms with Gasteiger partial charge in [-0.15, -0.1) is 0 Å². The highest BCUT2D eigenvalue weighted by molar-refractivity contribution is 6.06. The minimum atomic E-state index is -0.363. The number of halogens is 1. The lowest BCUT2D eigenvalue weighted by atomic mass is 10.1. The summed E-state index contributed by atoms with van der Waals surface area (Å²) in [6.45, 7) is 2.65. The van der Waals surface area contributed by atoms with Crippen molar-refractivity contribution in [1.29, 1.82) is 0 Å². The van der Waals surface area contributed by atoms with Crippen LogP contribution in [0.4, 0.5) is 4.39 Å². The van der Waals surface area contributed by atoms with Gasteiger partial charge in [0.1, 0.15) is 5.82 Å². The van der Waals surface area contributed by atoms with E-state index in [1.807, 2.05) is 19.1 Å². The fourth-order valence-corrected chi connectivity index (χ4v) is 2.00. The van der Waals surface area contributed by atoms with Crippen LogP contribution in [0.5, 0.6) is 11.5 Å². The molecule has 0 saturated carbocycles. The molecule has 0 amide bonds. The number of carbonyl (C=O) groups excluding carboxylic acids is 1. The first kappa shape index (κ1) is 16.7. The van der Waals surface area contributed by atoms with Gasteiger partial charge in [-0.05, 0) is 54.5 Å². The van der Waals surface area contributed by atoms with E-state index < -0.39 is 0 Å². The van der Waals surface area contributed by atoms with E-state index in [0.29, 0.717) is 23.7 Å². The van der Waals surface area contributed by atoms with Gasteiger partial charge in [-0.25, -0.2) is 4.39 Å². The minimum Gasteiger partial charge on any atom is -0.493 e. The molecule has 3 nitrogen and oxygen atoms in total. The van der Waals surface area contributed by atoms with E-state index in [0.717, 1.165) is 12.0 Å². The number of allylic oxidation sites excluding steroid dienone is 1. The molecule has 23 heavy (non-hydrogen) atoms. The molecule has 120 valence electrons. The van der Waals surface area contributed by atoms with Crippen LogP contribution in [-0.2, 0) is 0 Å². The van der Waals surface area contributed by atoms with E-state index in [2.05, 4.69) is 0 Å². The fourth-order valence-electron chi connectivity index (χ4n) is 2.00. The van der Waals surface area contributed by atoms with Crippen molar-refractivity contribution in [2.24, 2.45) is 0 Å². The maximum absolute atomic E-state index is 12.9. The van der Waals surface area contributed by atoms with Gasteiger partial charge in [0.15, 0.2) is 17.3 Å². The van der Waals surface area contributed by atoms with Crippen molar-refractivity contribution in [3.8, 4) is 11.5 Å². The number of ketones is 1. The summed E-state index contributed by atoms with van der Waals surface area (Å²) >= 11 is 0. The van der Waals surface area contributed by atoms with Gasteiger partial charge in [-0.3, -0.25) is 4.79 Å². The lowest BCUT2D eigenvalue weighted by Crippen LogP contribution is -1.98.